The van der Waals surface area contributed by atoms with Gasteiger partial charge in [0.2, 0.25) is 0 Å². The number of nitrogens with one attached hydrogen (secondary N) is 1. The van der Waals surface area contributed by atoms with Crippen LogP contribution in [0.15, 0.2) is 18.2 Å². The Hall–Kier alpha value is -1.13. The summed E-state index contributed by atoms with van der Waals surface area (Å²) >= 11 is 0. The van der Waals surface area contributed by atoms with E-state index in [1.54, 1.807) is 13.1 Å². The molecule has 4 heteroatoms. The van der Waals surface area contributed by atoms with Crippen LogP contribution >= 0.6 is 0 Å². The van der Waals surface area contributed by atoms with Crippen LogP contribution in [-0.2, 0) is 6.42 Å². The largest absolute Gasteiger partial charge is 0.487 e. The Morgan fingerprint density at radius 2 is 2.44 bits per heavy atom. The number of aryl methyl sites for hydroxylation is 1. The minimum atomic E-state index is -0.525. The molecule has 2 N–H and O–H groups in total. The van der Waals surface area contributed by atoms with Gasteiger partial charge in [-0.1, -0.05) is 0 Å². The van der Waals surface area contributed by atoms with Gasteiger partial charge >= 0.3 is 0 Å². The molecule has 0 radical (unpaired) electrons. The topological polar surface area (TPSA) is 41.5 Å². The zero-order chi connectivity index (χ0) is 11.5. The van der Waals surface area contributed by atoms with E-state index in [2.05, 4.69) is 5.32 Å². The molecule has 1 aromatic carbocycles. The number of fused-ring (bicyclic) bond motifs is 1. The van der Waals surface area contributed by atoms with Crippen molar-refractivity contribution in [2.75, 3.05) is 13.6 Å². The highest BCUT2D eigenvalue weighted by Gasteiger charge is 2.25. The van der Waals surface area contributed by atoms with E-state index in [1.807, 2.05) is 0 Å². The van der Waals surface area contributed by atoms with Gasteiger partial charge in [0, 0.05) is 6.54 Å². The second-order valence-corrected chi connectivity index (χ2v) is 4.07. The number of rotatable bonds is 3. The van der Waals surface area contributed by atoms with Crippen molar-refractivity contribution in [2.24, 2.45) is 0 Å². The van der Waals surface area contributed by atoms with Gasteiger partial charge in [0.15, 0.2) is 0 Å². The van der Waals surface area contributed by atoms with Crippen molar-refractivity contribution in [1.29, 1.82) is 0 Å². The second-order valence-electron chi connectivity index (χ2n) is 4.07. The quantitative estimate of drug-likeness (QED) is 0.809. The van der Waals surface area contributed by atoms with Crippen molar-refractivity contribution in [2.45, 2.75) is 25.0 Å². The average Bonchev–Trinajstić information content (AvgIpc) is 2.28. The first kappa shape index (κ1) is 11.4. The lowest BCUT2D eigenvalue weighted by molar-refractivity contribution is 0.0255. The summed E-state index contributed by atoms with van der Waals surface area (Å²) in [6, 6.07) is 4.50. The van der Waals surface area contributed by atoms with E-state index in [9.17, 15) is 9.50 Å². The Morgan fingerprint density at radius 3 is 3.19 bits per heavy atom. The number of hydrogen-bond acceptors (Lipinski definition) is 3. The predicted molar refractivity (Wildman–Crippen MR) is 59.1 cm³/mol. The molecule has 0 aliphatic carbocycles. The summed E-state index contributed by atoms with van der Waals surface area (Å²) in [7, 11) is 1.79. The van der Waals surface area contributed by atoms with Crippen LogP contribution in [0.25, 0.3) is 0 Å². The van der Waals surface area contributed by atoms with Gasteiger partial charge in [-0.05, 0) is 43.7 Å². The minimum absolute atomic E-state index is 0.203. The first-order valence-corrected chi connectivity index (χ1v) is 5.48. The Morgan fingerprint density at radius 1 is 1.62 bits per heavy atom. The lowest BCUT2D eigenvalue weighted by Gasteiger charge is -2.29. The fraction of sp³-hybridized carbons (Fsp3) is 0.500. The van der Waals surface area contributed by atoms with Gasteiger partial charge in [-0.2, -0.15) is 0 Å². The van der Waals surface area contributed by atoms with E-state index in [0.29, 0.717) is 12.3 Å². The van der Waals surface area contributed by atoms with Crippen LogP contribution in [-0.4, -0.2) is 30.9 Å². The van der Waals surface area contributed by atoms with Gasteiger partial charge in [-0.3, -0.25) is 0 Å². The Kier molecular flexibility index (Phi) is 3.41. The molecule has 2 atom stereocenters. The molecule has 1 heterocycles. The third-order valence-electron chi connectivity index (χ3n) is 2.84. The van der Waals surface area contributed by atoms with Crippen LogP contribution in [0.4, 0.5) is 4.39 Å². The minimum Gasteiger partial charge on any atom is -0.487 e. The van der Waals surface area contributed by atoms with Crippen molar-refractivity contribution in [1.82, 2.24) is 5.32 Å². The number of hydrogen-bond donors (Lipinski definition) is 2. The number of ether oxygens (including phenoxy) is 1. The third-order valence-corrected chi connectivity index (χ3v) is 2.84. The first-order valence-electron chi connectivity index (χ1n) is 5.48. The Balaban J connectivity index is 2.09. The maximum Gasteiger partial charge on any atom is 0.126 e. The predicted octanol–water partition coefficient (Wildman–Crippen LogP) is 1.10. The highest BCUT2D eigenvalue weighted by Crippen LogP contribution is 2.29. The third kappa shape index (κ3) is 2.33. The molecule has 1 aromatic rings. The molecule has 0 saturated heterocycles. The molecule has 88 valence electrons. The molecule has 0 saturated carbocycles. The van der Waals surface area contributed by atoms with E-state index < -0.39 is 6.10 Å². The first-order chi connectivity index (χ1) is 7.70. The highest BCUT2D eigenvalue weighted by molar-refractivity contribution is 5.35. The lowest BCUT2D eigenvalue weighted by atomic mass is 9.99. The van der Waals surface area contributed by atoms with Gasteiger partial charge < -0.3 is 15.2 Å². The SMILES string of the molecule is CNC[C@H](O)[C@H]1CCc2cc(F)ccc2O1. The maximum atomic E-state index is 13.0. The summed E-state index contributed by atoms with van der Waals surface area (Å²) in [6.45, 7) is 0.501. The Labute approximate surface area is 94.2 Å². The number of benzene rings is 1. The van der Waals surface area contributed by atoms with Crippen molar-refractivity contribution >= 4 is 0 Å². The second kappa shape index (κ2) is 4.80. The van der Waals surface area contributed by atoms with Crippen molar-refractivity contribution in [3.05, 3.63) is 29.6 Å². The van der Waals surface area contributed by atoms with Crippen LogP contribution in [0.5, 0.6) is 5.75 Å². The molecule has 3 nitrogen and oxygen atoms in total. The lowest BCUT2D eigenvalue weighted by Crippen LogP contribution is -2.40. The zero-order valence-corrected chi connectivity index (χ0v) is 9.24. The summed E-state index contributed by atoms with van der Waals surface area (Å²) in [6.07, 6.45) is 0.742. The van der Waals surface area contributed by atoms with Gasteiger partial charge in [-0.25, -0.2) is 4.39 Å². The molecule has 1 aliphatic heterocycles. The summed E-state index contributed by atoms with van der Waals surface area (Å²) < 4.78 is 18.6. The number of aliphatic hydroxyl groups excluding tert-OH is 1. The molecular formula is C12H16FNO2. The van der Waals surface area contributed by atoms with Crippen molar-refractivity contribution in [3.63, 3.8) is 0 Å². The molecule has 16 heavy (non-hydrogen) atoms. The molecule has 1 aliphatic rings. The van der Waals surface area contributed by atoms with Crippen LogP contribution in [0.2, 0.25) is 0 Å². The molecule has 2 rings (SSSR count). The molecule has 0 amide bonds. The molecule has 0 bridgehead atoms. The number of halogens is 1. The average molecular weight is 225 g/mol. The van der Waals surface area contributed by atoms with Gasteiger partial charge in [0.25, 0.3) is 0 Å². The van der Waals surface area contributed by atoms with Crippen molar-refractivity contribution < 1.29 is 14.2 Å². The number of likely N-dealkylation sites (N-methyl/N-ethyl adjacent to an activating group) is 1. The highest BCUT2D eigenvalue weighted by atomic mass is 19.1. The summed E-state index contributed by atoms with van der Waals surface area (Å²) in [4.78, 5) is 0. The molecule has 0 aromatic heterocycles. The molecular weight excluding hydrogens is 209 g/mol. The standard InChI is InChI=1S/C12H16FNO2/c1-14-7-10(15)12-4-2-8-6-9(13)3-5-11(8)16-12/h3,5-6,10,12,14-15H,2,4,7H2,1H3/t10-,12+/m0/s1. The maximum absolute atomic E-state index is 13.0. The fourth-order valence-corrected chi connectivity index (χ4v) is 1.99. The van der Waals surface area contributed by atoms with Gasteiger partial charge in [0.1, 0.15) is 23.8 Å². The summed E-state index contributed by atoms with van der Waals surface area (Å²) in [5, 5.41) is 12.7. The van der Waals surface area contributed by atoms with E-state index in [0.717, 1.165) is 18.4 Å². The van der Waals surface area contributed by atoms with Crippen molar-refractivity contribution in [3.8, 4) is 5.75 Å². The van der Waals surface area contributed by atoms with E-state index in [1.165, 1.54) is 12.1 Å². The van der Waals surface area contributed by atoms with Gasteiger partial charge in [0.05, 0.1) is 0 Å². The van der Waals surface area contributed by atoms with Crippen LogP contribution in [0.3, 0.4) is 0 Å². The van der Waals surface area contributed by atoms with Crippen LogP contribution < -0.4 is 10.1 Å². The normalized spacial score (nSPS) is 21.1. The summed E-state index contributed by atoms with van der Waals surface area (Å²) in [5.41, 5.74) is 0.882. The smallest absolute Gasteiger partial charge is 0.126 e. The molecule has 0 spiro atoms. The summed E-state index contributed by atoms with van der Waals surface area (Å²) in [5.74, 6) is 0.448. The molecule has 0 unspecified atom stereocenters. The number of aliphatic hydroxyl groups is 1. The van der Waals surface area contributed by atoms with Crippen LogP contribution in [0.1, 0.15) is 12.0 Å². The van der Waals surface area contributed by atoms with Crippen LogP contribution in [0, 0.1) is 5.82 Å². The zero-order valence-electron chi connectivity index (χ0n) is 9.24. The van der Waals surface area contributed by atoms with E-state index in [4.69, 9.17) is 4.74 Å². The Bertz CT molecular complexity index is 370. The molecule has 0 fully saturated rings. The van der Waals surface area contributed by atoms with E-state index >= 15 is 0 Å². The van der Waals surface area contributed by atoms with Gasteiger partial charge in [-0.15, -0.1) is 0 Å². The fourth-order valence-electron chi connectivity index (χ4n) is 1.99. The monoisotopic (exact) mass is 225 g/mol. The van der Waals surface area contributed by atoms with E-state index in [-0.39, 0.29) is 11.9 Å².